The van der Waals surface area contributed by atoms with Crippen LogP contribution in [0.4, 0.5) is 5.69 Å². The number of carbonyl (C=O) groups excluding carboxylic acids is 2. The molecule has 0 spiro atoms. The molecule has 1 aliphatic rings. The lowest BCUT2D eigenvalue weighted by Gasteiger charge is -2.34. The molecular weight excluding hydrogens is 514 g/mol. The molecule has 3 aromatic carbocycles. The smallest absolute Gasteiger partial charge is 0.249 e. The Bertz CT molecular complexity index is 1560. The molecule has 0 unspecified atom stereocenters. The predicted octanol–water partition coefficient (Wildman–Crippen LogP) is 3.87. The van der Waals surface area contributed by atoms with Crippen LogP contribution in [0.15, 0.2) is 60.7 Å². The Morgan fingerprint density at radius 1 is 1.02 bits per heavy atom. The fraction of sp³-hybridized carbons (Fsp3) is 0.310. The molecule has 0 saturated carbocycles. The van der Waals surface area contributed by atoms with E-state index in [1.54, 1.807) is 36.4 Å². The average Bonchev–Trinajstić information content (AvgIpc) is 3.57. The zero-order valence-corrected chi connectivity index (χ0v) is 23.0. The third-order valence-corrected chi connectivity index (χ3v) is 6.34. The molecule has 1 N–H and O–H groups in total. The van der Waals surface area contributed by atoms with Crippen LogP contribution in [0.2, 0.25) is 0 Å². The average molecular weight is 546 g/mol. The van der Waals surface area contributed by atoms with E-state index in [2.05, 4.69) is 15.6 Å². The molecule has 40 heavy (non-hydrogen) atoms. The molecule has 1 aromatic heterocycles. The SMILES string of the molecule is COc1ccc(OC)c([C@@H](C(=O)NC(C)(C)C)N(C(=O)Cn2nnc3ccccc32)c2ccc3c(c2)OCO3)c1. The van der Waals surface area contributed by atoms with Gasteiger partial charge in [-0.15, -0.1) is 5.10 Å². The van der Waals surface area contributed by atoms with Gasteiger partial charge in [-0.05, 0) is 63.2 Å². The van der Waals surface area contributed by atoms with Crippen LogP contribution in [0.3, 0.4) is 0 Å². The summed E-state index contributed by atoms with van der Waals surface area (Å²) in [6.45, 7) is 5.51. The van der Waals surface area contributed by atoms with E-state index in [-0.39, 0.29) is 13.3 Å². The van der Waals surface area contributed by atoms with Gasteiger partial charge in [0.2, 0.25) is 18.6 Å². The van der Waals surface area contributed by atoms with Gasteiger partial charge in [0.25, 0.3) is 0 Å². The van der Waals surface area contributed by atoms with Crippen molar-refractivity contribution in [1.82, 2.24) is 20.3 Å². The Labute approximate surface area is 231 Å². The van der Waals surface area contributed by atoms with E-state index in [9.17, 15) is 9.59 Å². The summed E-state index contributed by atoms with van der Waals surface area (Å²) in [7, 11) is 3.05. The number of aromatic nitrogens is 3. The fourth-order valence-corrected chi connectivity index (χ4v) is 4.60. The van der Waals surface area contributed by atoms with Gasteiger partial charge in [-0.25, -0.2) is 4.68 Å². The van der Waals surface area contributed by atoms with Gasteiger partial charge in [-0.3, -0.25) is 14.5 Å². The summed E-state index contributed by atoms with van der Waals surface area (Å²) in [5.74, 6) is 1.12. The van der Waals surface area contributed by atoms with Crippen LogP contribution in [-0.4, -0.2) is 53.4 Å². The molecule has 4 aromatic rings. The van der Waals surface area contributed by atoms with Gasteiger partial charge in [0.1, 0.15) is 29.6 Å². The molecular formula is C29H31N5O6. The molecule has 2 heterocycles. The summed E-state index contributed by atoms with van der Waals surface area (Å²) >= 11 is 0. The van der Waals surface area contributed by atoms with E-state index in [1.807, 2.05) is 45.0 Å². The number of hydrogen-bond acceptors (Lipinski definition) is 8. The van der Waals surface area contributed by atoms with Crippen molar-refractivity contribution < 1.29 is 28.5 Å². The van der Waals surface area contributed by atoms with Crippen molar-refractivity contribution in [3.8, 4) is 23.0 Å². The maximum absolute atomic E-state index is 14.3. The van der Waals surface area contributed by atoms with Gasteiger partial charge in [0.05, 0.1) is 19.7 Å². The molecule has 11 heteroatoms. The maximum Gasteiger partial charge on any atom is 0.249 e. The summed E-state index contributed by atoms with van der Waals surface area (Å²) in [5, 5.41) is 11.4. The number of methoxy groups -OCH3 is 2. The van der Waals surface area contributed by atoms with Gasteiger partial charge in [-0.1, -0.05) is 17.3 Å². The van der Waals surface area contributed by atoms with Crippen molar-refractivity contribution in [3.05, 3.63) is 66.2 Å². The zero-order valence-electron chi connectivity index (χ0n) is 23.0. The molecule has 208 valence electrons. The lowest BCUT2D eigenvalue weighted by molar-refractivity contribution is -0.128. The monoisotopic (exact) mass is 545 g/mol. The van der Waals surface area contributed by atoms with Gasteiger partial charge in [0.15, 0.2) is 11.5 Å². The topological polar surface area (TPSA) is 117 Å². The number of fused-ring (bicyclic) bond motifs is 2. The van der Waals surface area contributed by atoms with Crippen LogP contribution < -0.4 is 29.2 Å². The number of nitrogens with zero attached hydrogens (tertiary/aromatic N) is 4. The Morgan fingerprint density at radius 2 is 1.80 bits per heavy atom. The molecule has 5 rings (SSSR count). The minimum absolute atomic E-state index is 0.0648. The van der Waals surface area contributed by atoms with Gasteiger partial charge in [-0.2, -0.15) is 0 Å². The lowest BCUT2D eigenvalue weighted by Crippen LogP contribution is -2.50. The number of nitrogens with one attached hydrogen (secondary N) is 1. The Morgan fingerprint density at radius 3 is 2.55 bits per heavy atom. The fourth-order valence-electron chi connectivity index (χ4n) is 4.60. The van der Waals surface area contributed by atoms with Gasteiger partial charge in [0, 0.05) is 22.9 Å². The van der Waals surface area contributed by atoms with Crippen LogP contribution in [0, 0.1) is 0 Å². The molecule has 0 fully saturated rings. The highest BCUT2D eigenvalue weighted by molar-refractivity contribution is 6.02. The summed E-state index contributed by atoms with van der Waals surface area (Å²) in [6.07, 6.45) is 0. The Balaban J connectivity index is 1.68. The van der Waals surface area contributed by atoms with Crippen LogP contribution in [-0.2, 0) is 16.1 Å². The molecule has 0 radical (unpaired) electrons. The lowest BCUT2D eigenvalue weighted by atomic mass is 9.99. The van der Waals surface area contributed by atoms with Crippen LogP contribution >= 0.6 is 0 Å². The van der Waals surface area contributed by atoms with Crippen molar-refractivity contribution >= 4 is 28.5 Å². The minimum atomic E-state index is -1.15. The quantitative estimate of drug-likeness (QED) is 0.355. The molecule has 0 saturated heterocycles. The largest absolute Gasteiger partial charge is 0.497 e. The first-order valence-corrected chi connectivity index (χ1v) is 12.7. The standard InChI is InChI=1S/C29H31N5O6/c1-29(2,3)30-28(36)27(20-15-19(37-4)11-13-23(20)38-5)34(18-10-12-24-25(14-18)40-17-39-24)26(35)16-33-22-9-7-6-8-21(22)31-32-33/h6-15,27H,16-17H2,1-5H3,(H,30,36)/t27-/m0/s1. The first kappa shape index (κ1) is 26.8. The second-order valence-electron chi connectivity index (χ2n) is 10.3. The molecule has 0 bridgehead atoms. The minimum Gasteiger partial charge on any atom is -0.497 e. The summed E-state index contributed by atoms with van der Waals surface area (Å²) < 4.78 is 23.7. The van der Waals surface area contributed by atoms with Crippen LogP contribution in [0.1, 0.15) is 32.4 Å². The van der Waals surface area contributed by atoms with Crippen LogP contribution in [0.5, 0.6) is 23.0 Å². The van der Waals surface area contributed by atoms with E-state index >= 15 is 0 Å². The van der Waals surface area contributed by atoms with E-state index in [1.165, 1.54) is 23.8 Å². The normalized spacial score (nSPS) is 13.1. The van der Waals surface area contributed by atoms with Crippen molar-refractivity contribution in [2.75, 3.05) is 25.9 Å². The van der Waals surface area contributed by atoms with Crippen molar-refractivity contribution in [2.24, 2.45) is 0 Å². The number of carbonyl (C=O) groups is 2. The van der Waals surface area contributed by atoms with E-state index in [4.69, 9.17) is 18.9 Å². The highest BCUT2D eigenvalue weighted by Gasteiger charge is 2.37. The number of hydrogen-bond donors (Lipinski definition) is 1. The maximum atomic E-state index is 14.3. The van der Waals surface area contributed by atoms with Crippen molar-refractivity contribution in [3.63, 3.8) is 0 Å². The summed E-state index contributed by atoms with van der Waals surface area (Å²) in [6, 6.07) is 16.5. The number of para-hydroxylation sites is 1. The Kier molecular flexibility index (Phi) is 7.20. The van der Waals surface area contributed by atoms with E-state index < -0.39 is 23.4 Å². The molecule has 1 aliphatic heterocycles. The molecule has 0 aliphatic carbocycles. The first-order valence-electron chi connectivity index (χ1n) is 12.7. The summed E-state index contributed by atoms with van der Waals surface area (Å²) in [4.78, 5) is 29.8. The Hall–Kier alpha value is -4.80. The van der Waals surface area contributed by atoms with Gasteiger partial charge < -0.3 is 24.3 Å². The number of amides is 2. The van der Waals surface area contributed by atoms with Crippen LogP contribution in [0.25, 0.3) is 11.0 Å². The number of rotatable bonds is 8. The second kappa shape index (κ2) is 10.8. The molecule has 1 atom stereocenters. The number of anilines is 1. The van der Waals surface area contributed by atoms with Crippen molar-refractivity contribution in [2.45, 2.75) is 38.9 Å². The highest BCUT2D eigenvalue weighted by atomic mass is 16.7. The molecule has 2 amide bonds. The third-order valence-electron chi connectivity index (χ3n) is 6.34. The number of benzene rings is 3. The summed E-state index contributed by atoms with van der Waals surface area (Å²) in [5.41, 5.74) is 1.63. The van der Waals surface area contributed by atoms with Gasteiger partial charge >= 0.3 is 0 Å². The highest BCUT2D eigenvalue weighted by Crippen LogP contribution is 2.40. The first-order chi connectivity index (χ1) is 19.2. The van der Waals surface area contributed by atoms with E-state index in [0.29, 0.717) is 45.3 Å². The third kappa shape index (κ3) is 5.35. The zero-order chi connectivity index (χ0) is 28.4. The van der Waals surface area contributed by atoms with Crippen molar-refractivity contribution in [1.29, 1.82) is 0 Å². The van der Waals surface area contributed by atoms with E-state index in [0.717, 1.165) is 0 Å². The second-order valence-corrected chi connectivity index (χ2v) is 10.3. The number of ether oxygens (including phenoxy) is 4. The molecule has 11 nitrogen and oxygen atoms in total. The predicted molar refractivity (Wildman–Crippen MR) is 148 cm³/mol.